The summed E-state index contributed by atoms with van der Waals surface area (Å²) >= 11 is 0. The fourth-order valence-corrected chi connectivity index (χ4v) is 2.79. The van der Waals surface area contributed by atoms with Gasteiger partial charge in [0.25, 0.3) is 0 Å². The van der Waals surface area contributed by atoms with E-state index >= 15 is 0 Å². The van der Waals surface area contributed by atoms with Crippen molar-refractivity contribution in [1.29, 1.82) is 0 Å². The molecule has 0 radical (unpaired) electrons. The minimum atomic E-state index is 1.31. The SMILES string of the molecule is c1ccc2cc3ccc4ccccc4c3c-2cc1. The average molecular weight is 228 g/mol. The Morgan fingerprint density at radius 1 is 0.556 bits per heavy atom. The zero-order chi connectivity index (χ0) is 11.9. The summed E-state index contributed by atoms with van der Waals surface area (Å²) in [6, 6.07) is 26.0. The van der Waals surface area contributed by atoms with Crippen LogP contribution in [0.15, 0.2) is 72.8 Å². The third-order valence-electron chi connectivity index (χ3n) is 3.61. The molecule has 2 aromatic rings. The van der Waals surface area contributed by atoms with Gasteiger partial charge in [0.05, 0.1) is 0 Å². The molecule has 0 heteroatoms. The Kier molecular flexibility index (Phi) is 1.92. The molecular formula is C18H12. The fraction of sp³-hybridized carbons (Fsp3) is 0. The van der Waals surface area contributed by atoms with Crippen molar-refractivity contribution in [1.82, 2.24) is 0 Å². The van der Waals surface area contributed by atoms with Crippen LogP contribution in [0.3, 0.4) is 0 Å². The molecule has 0 aliphatic heterocycles. The highest BCUT2D eigenvalue weighted by molar-refractivity contribution is 6.16. The van der Waals surface area contributed by atoms with Crippen molar-refractivity contribution < 1.29 is 0 Å². The molecule has 0 atom stereocenters. The van der Waals surface area contributed by atoms with Gasteiger partial charge in [0.2, 0.25) is 0 Å². The maximum Gasteiger partial charge on any atom is -0.00266 e. The van der Waals surface area contributed by atoms with Gasteiger partial charge in [-0.15, -0.1) is 0 Å². The Labute approximate surface area is 106 Å². The zero-order valence-corrected chi connectivity index (χ0v) is 9.93. The third kappa shape index (κ3) is 1.26. The van der Waals surface area contributed by atoms with Crippen LogP contribution in [-0.4, -0.2) is 0 Å². The van der Waals surface area contributed by atoms with E-state index < -0.39 is 0 Å². The summed E-state index contributed by atoms with van der Waals surface area (Å²) in [5, 5.41) is 5.36. The molecular weight excluding hydrogens is 216 g/mol. The van der Waals surface area contributed by atoms with Gasteiger partial charge in [-0.3, -0.25) is 0 Å². The molecule has 84 valence electrons. The van der Waals surface area contributed by atoms with Crippen LogP contribution in [0.2, 0.25) is 0 Å². The predicted molar refractivity (Wildman–Crippen MR) is 78.1 cm³/mol. The molecule has 0 unspecified atom stereocenters. The number of fused-ring (bicyclic) bond motifs is 5. The molecule has 2 aliphatic rings. The van der Waals surface area contributed by atoms with E-state index in [1.54, 1.807) is 0 Å². The lowest BCUT2D eigenvalue weighted by Crippen LogP contribution is -1.74. The van der Waals surface area contributed by atoms with Crippen LogP contribution in [0.25, 0.3) is 32.7 Å². The molecule has 18 heavy (non-hydrogen) atoms. The molecule has 0 heterocycles. The van der Waals surface area contributed by atoms with Crippen molar-refractivity contribution in [2.75, 3.05) is 0 Å². The van der Waals surface area contributed by atoms with Gasteiger partial charge >= 0.3 is 0 Å². The summed E-state index contributed by atoms with van der Waals surface area (Å²) in [5.74, 6) is 0. The van der Waals surface area contributed by atoms with Gasteiger partial charge < -0.3 is 0 Å². The second-order valence-electron chi connectivity index (χ2n) is 4.67. The van der Waals surface area contributed by atoms with Crippen LogP contribution in [0.4, 0.5) is 0 Å². The average Bonchev–Trinajstić information content (AvgIpc) is 2.61. The molecule has 0 N–H and O–H groups in total. The molecule has 0 saturated heterocycles. The summed E-state index contributed by atoms with van der Waals surface area (Å²) in [4.78, 5) is 0. The first-order valence-electron chi connectivity index (χ1n) is 6.23. The molecule has 0 nitrogen and oxygen atoms in total. The highest BCUT2D eigenvalue weighted by Crippen LogP contribution is 2.37. The number of hydrogen-bond donors (Lipinski definition) is 0. The molecule has 2 aromatic carbocycles. The zero-order valence-electron chi connectivity index (χ0n) is 9.93. The summed E-state index contributed by atoms with van der Waals surface area (Å²) in [6.07, 6.45) is 0. The Morgan fingerprint density at radius 2 is 1.33 bits per heavy atom. The van der Waals surface area contributed by atoms with Crippen molar-refractivity contribution in [2.24, 2.45) is 0 Å². The first-order valence-corrected chi connectivity index (χ1v) is 6.23. The first kappa shape index (κ1) is 9.67. The Morgan fingerprint density at radius 3 is 2.33 bits per heavy atom. The van der Waals surface area contributed by atoms with E-state index in [2.05, 4.69) is 72.8 Å². The lowest BCUT2D eigenvalue weighted by molar-refractivity contribution is 1.81. The largest absolute Gasteiger partial charge is 0.0622 e. The second kappa shape index (κ2) is 3.58. The maximum absolute atomic E-state index is 2.27. The molecule has 0 amide bonds. The molecule has 0 spiro atoms. The highest BCUT2D eigenvalue weighted by Gasteiger charge is 2.10. The molecule has 0 fully saturated rings. The van der Waals surface area contributed by atoms with Crippen LogP contribution in [0.1, 0.15) is 0 Å². The monoisotopic (exact) mass is 228 g/mol. The van der Waals surface area contributed by atoms with E-state index in [4.69, 9.17) is 0 Å². The van der Waals surface area contributed by atoms with Crippen LogP contribution >= 0.6 is 0 Å². The second-order valence-corrected chi connectivity index (χ2v) is 4.67. The lowest BCUT2D eigenvalue weighted by Gasteiger charge is -2.01. The topological polar surface area (TPSA) is 0 Å². The lowest BCUT2D eigenvalue weighted by atomic mass is 10.0. The van der Waals surface area contributed by atoms with Gasteiger partial charge in [-0.2, -0.15) is 0 Å². The van der Waals surface area contributed by atoms with Crippen molar-refractivity contribution in [2.45, 2.75) is 0 Å². The van der Waals surface area contributed by atoms with Crippen molar-refractivity contribution in [3.63, 3.8) is 0 Å². The molecule has 0 aromatic heterocycles. The van der Waals surface area contributed by atoms with E-state index in [1.165, 1.54) is 32.7 Å². The van der Waals surface area contributed by atoms with Gasteiger partial charge in [0.15, 0.2) is 0 Å². The highest BCUT2D eigenvalue weighted by atomic mass is 14.1. The maximum atomic E-state index is 2.27. The van der Waals surface area contributed by atoms with E-state index in [0.29, 0.717) is 0 Å². The Balaban J connectivity index is 2.30. The van der Waals surface area contributed by atoms with E-state index in [0.717, 1.165) is 0 Å². The minimum absolute atomic E-state index is 1.31. The number of rotatable bonds is 0. The first-order chi connectivity index (χ1) is 8.93. The quantitative estimate of drug-likeness (QED) is 0.393. The molecule has 2 aliphatic carbocycles. The number of hydrogen-bond acceptors (Lipinski definition) is 0. The predicted octanol–water partition coefficient (Wildman–Crippen LogP) is 5.10. The smallest absolute Gasteiger partial charge is 0.00266 e. The van der Waals surface area contributed by atoms with Crippen molar-refractivity contribution in [3.05, 3.63) is 72.8 Å². The van der Waals surface area contributed by atoms with E-state index in [1.807, 2.05) is 0 Å². The number of benzene rings is 2. The molecule has 0 bridgehead atoms. The standard InChI is InChI=1S/C18H12/c1-2-7-14-12-15-11-10-13-6-4-5-9-16(13)18(15)17(14)8-3-1/h1-12H. The van der Waals surface area contributed by atoms with Crippen LogP contribution in [0, 0.1) is 0 Å². The van der Waals surface area contributed by atoms with E-state index in [-0.39, 0.29) is 0 Å². The van der Waals surface area contributed by atoms with Crippen LogP contribution in [-0.2, 0) is 0 Å². The summed E-state index contributed by atoms with van der Waals surface area (Å²) < 4.78 is 0. The van der Waals surface area contributed by atoms with Gasteiger partial charge in [0.1, 0.15) is 0 Å². The van der Waals surface area contributed by atoms with Crippen molar-refractivity contribution >= 4 is 21.5 Å². The minimum Gasteiger partial charge on any atom is -0.0622 e. The van der Waals surface area contributed by atoms with Gasteiger partial charge in [-0.05, 0) is 38.7 Å². The Bertz CT molecular complexity index is 827. The van der Waals surface area contributed by atoms with Gasteiger partial charge in [-0.25, -0.2) is 0 Å². The summed E-state index contributed by atoms with van der Waals surface area (Å²) in [7, 11) is 0. The fourth-order valence-electron chi connectivity index (χ4n) is 2.79. The van der Waals surface area contributed by atoms with Crippen molar-refractivity contribution in [3.8, 4) is 11.1 Å². The Hall–Kier alpha value is -2.34. The third-order valence-corrected chi connectivity index (χ3v) is 3.61. The van der Waals surface area contributed by atoms with Crippen LogP contribution < -0.4 is 0 Å². The summed E-state index contributed by atoms with van der Waals surface area (Å²) in [6.45, 7) is 0. The van der Waals surface area contributed by atoms with E-state index in [9.17, 15) is 0 Å². The normalized spacial score (nSPS) is 11.3. The van der Waals surface area contributed by atoms with Crippen LogP contribution in [0.5, 0.6) is 0 Å². The van der Waals surface area contributed by atoms with Gasteiger partial charge in [0, 0.05) is 0 Å². The molecule has 0 saturated carbocycles. The summed E-state index contributed by atoms with van der Waals surface area (Å²) in [5.41, 5.74) is 2.65. The molecule has 4 rings (SSSR count). The van der Waals surface area contributed by atoms with Gasteiger partial charge in [-0.1, -0.05) is 66.7 Å².